The lowest BCUT2D eigenvalue weighted by molar-refractivity contribution is -0.458. The molecular weight excluding hydrogens is 952 g/mol. The molecule has 0 fully saturated rings. The summed E-state index contributed by atoms with van der Waals surface area (Å²) in [5.41, 5.74) is 33.9. The molecule has 4 aromatic rings. The average molecular weight is 1030 g/mol. The first-order valence-electron chi connectivity index (χ1n) is 22.3. The van der Waals surface area contributed by atoms with Gasteiger partial charge in [0.15, 0.2) is 11.4 Å². The van der Waals surface area contributed by atoms with Gasteiger partial charge in [-0.05, 0) is 120 Å². The molecule has 0 amide bonds. The van der Waals surface area contributed by atoms with E-state index in [4.69, 9.17) is 49.6 Å². The minimum atomic E-state index is 0. The molecule has 0 unspecified atom stereocenters. The molecule has 0 aliphatic rings. The van der Waals surface area contributed by atoms with E-state index in [0.717, 1.165) is 123 Å². The smallest absolute Gasteiger partial charge is 0.366 e. The Labute approximate surface area is 427 Å². The number of nitrogens with zero attached hydrogens (tertiary/aromatic N) is 6. The Kier molecular flexibility index (Phi) is 40.0. The number of hydrogen-bond acceptors (Lipinski definition) is 15. The Balaban J connectivity index is -0.000000983. The zero-order chi connectivity index (χ0) is 47.0. The highest BCUT2D eigenvalue weighted by molar-refractivity contribution is 5.98. The van der Waals surface area contributed by atoms with Gasteiger partial charge in [0.1, 0.15) is 0 Å². The van der Waals surface area contributed by atoms with Crippen LogP contribution in [-0.4, -0.2) is 106 Å². The highest BCUT2D eigenvalue weighted by Gasteiger charge is 2.11. The van der Waals surface area contributed by atoms with Crippen LogP contribution >= 0.6 is 0 Å². The number of anilines is 6. The minimum absolute atomic E-state index is 0. The summed E-state index contributed by atoms with van der Waals surface area (Å²) < 4.78 is 5.18. The van der Waals surface area contributed by atoms with Gasteiger partial charge in [0.2, 0.25) is 35.7 Å². The molecule has 20 nitrogen and oxygen atoms in total. The molecule has 24 heteroatoms. The summed E-state index contributed by atoms with van der Waals surface area (Å²) in [5, 5.41) is 29.9. The second-order valence-corrected chi connectivity index (χ2v) is 14.7. The van der Waals surface area contributed by atoms with Gasteiger partial charge < -0.3 is 98.6 Å². The van der Waals surface area contributed by atoms with Crippen LogP contribution in [0.1, 0.15) is 114 Å². The monoisotopic (exact) mass is 1030 g/mol. The van der Waals surface area contributed by atoms with Gasteiger partial charge in [-0.3, -0.25) is 21.5 Å². The van der Waals surface area contributed by atoms with Crippen LogP contribution in [0, 0.1) is 0 Å². The number of rotatable bonds is 27. The molecule has 68 heavy (non-hydrogen) atoms. The SMILES string of the molecule is CCCCC[NH+]=C(N)c1ccc(C(=[NH2+])CCCCCNc2nc(N)nc(NC)n2)cc1.CCOC(=[NH2+])c1ccc(C(C)=[NH2+])cc1.NCCCCNc1nc(N)nc(NCCCCN)n1.[Cl-].[Cl-].[Cl-].[Cl-]. The Morgan fingerprint density at radius 2 is 1.01 bits per heavy atom. The molecular formula is C44H77Cl4N19O. The predicted molar refractivity (Wildman–Crippen MR) is 260 cm³/mol. The fourth-order valence-corrected chi connectivity index (χ4v) is 5.73. The van der Waals surface area contributed by atoms with Crippen molar-refractivity contribution in [1.29, 1.82) is 0 Å². The van der Waals surface area contributed by atoms with Crippen LogP contribution in [0.15, 0.2) is 48.5 Å². The number of nitrogen functional groups attached to an aromatic ring is 3. The fourth-order valence-electron chi connectivity index (χ4n) is 5.73. The first-order chi connectivity index (χ1) is 30.9. The van der Waals surface area contributed by atoms with Gasteiger partial charge >= 0.3 is 5.90 Å². The van der Waals surface area contributed by atoms with E-state index in [9.17, 15) is 0 Å². The number of nitrogens with two attached hydrogens (primary N) is 8. The molecule has 0 saturated heterocycles. The molecule has 2 aromatic heterocycles. The maximum absolute atomic E-state index is 6.29. The number of ether oxygens (including phenoxy) is 1. The van der Waals surface area contributed by atoms with Crippen molar-refractivity contribution in [3.8, 4) is 0 Å². The number of benzene rings is 2. The van der Waals surface area contributed by atoms with Gasteiger partial charge in [-0.25, -0.2) is 5.41 Å². The zero-order valence-electron chi connectivity index (χ0n) is 40.1. The maximum Gasteiger partial charge on any atom is 0.366 e. The molecule has 2 aromatic carbocycles. The molecule has 0 saturated carbocycles. The first kappa shape index (κ1) is 66.9. The molecule has 0 bridgehead atoms. The van der Waals surface area contributed by atoms with Crippen LogP contribution < -0.4 is 121 Å². The van der Waals surface area contributed by atoms with Crippen molar-refractivity contribution in [2.75, 3.05) is 85.7 Å². The number of halogens is 4. The van der Waals surface area contributed by atoms with Crippen LogP contribution in [0.5, 0.6) is 0 Å². The van der Waals surface area contributed by atoms with E-state index in [1.807, 2.05) is 62.4 Å². The van der Waals surface area contributed by atoms with E-state index in [2.05, 4.69) is 63.1 Å². The predicted octanol–water partition coefficient (Wildman–Crippen LogP) is -13.7. The molecule has 2 heterocycles. The summed E-state index contributed by atoms with van der Waals surface area (Å²) in [6.45, 7) is 11.1. The Morgan fingerprint density at radius 1 is 0.574 bits per heavy atom. The van der Waals surface area contributed by atoms with E-state index < -0.39 is 0 Å². The van der Waals surface area contributed by atoms with Crippen molar-refractivity contribution >= 4 is 58.8 Å². The molecule has 0 spiro atoms. The van der Waals surface area contributed by atoms with Gasteiger partial charge in [0.25, 0.3) is 5.84 Å². The van der Waals surface area contributed by atoms with Crippen molar-refractivity contribution in [2.24, 2.45) is 17.2 Å². The number of amidine groups is 1. The third-order valence-corrected chi connectivity index (χ3v) is 9.35. The molecule has 4 rings (SSSR count). The molecule has 0 aliphatic heterocycles. The summed E-state index contributed by atoms with van der Waals surface area (Å²) >= 11 is 0. The minimum Gasteiger partial charge on any atom is -1.00 e. The topological polar surface area (TPSA) is 356 Å². The largest absolute Gasteiger partial charge is 1.00 e. The van der Waals surface area contributed by atoms with Crippen molar-refractivity contribution in [3.05, 3.63) is 70.8 Å². The first-order valence-corrected chi connectivity index (χ1v) is 22.3. The number of unbranched alkanes of at least 4 members (excludes halogenated alkanes) is 6. The van der Waals surface area contributed by atoms with E-state index in [0.29, 0.717) is 49.4 Å². The lowest BCUT2D eigenvalue weighted by Gasteiger charge is -2.08. The molecule has 0 radical (unpaired) electrons. The summed E-state index contributed by atoms with van der Waals surface area (Å²) in [6, 6.07) is 15.8. The Morgan fingerprint density at radius 3 is 1.47 bits per heavy atom. The Hall–Kier alpha value is -5.38. The maximum atomic E-state index is 6.29. The highest BCUT2D eigenvalue weighted by Crippen LogP contribution is 2.11. The van der Waals surface area contributed by atoms with Crippen LogP contribution in [-0.2, 0) is 4.74 Å². The summed E-state index contributed by atoms with van der Waals surface area (Å²) in [7, 11) is 1.74. The van der Waals surface area contributed by atoms with Gasteiger partial charge in [0, 0.05) is 51.2 Å². The van der Waals surface area contributed by atoms with E-state index in [-0.39, 0.29) is 61.5 Å². The third kappa shape index (κ3) is 28.7. The molecule has 0 atom stereocenters. The zero-order valence-corrected chi connectivity index (χ0v) is 43.1. The second-order valence-electron chi connectivity index (χ2n) is 14.7. The average Bonchev–Trinajstić information content (AvgIpc) is 3.29. The number of nitrogens with one attached hydrogen (secondary N) is 5. The summed E-state index contributed by atoms with van der Waals surface area (Å²) in [5.74, 6) is 3.49. The van der Waals surface area contributed by atoms with Crippen molar-refractivity contribution in [2.45, 2.75) is 91.4 Å². The normalized spacial score (nSPS) is 10.1. The van der Waals surface area contributed by atoms with Crippen molar-refractivity contribution < 1.29 is 75.6 Å². The highest BCUT2D eigenvalue weighted by atomic mass is 35.5. The quantitative estimate of drug-likeness (QED) is 0.0150. The van der Waals surface area contributed by atoms with E-state index >= 15 is 0 Å². The van der Waals surface area contributed by atoms with E-state index in [1.54, 1.807) is 7.05 Å². The lowest BCUT2D eigenvalue weighted by Crippen LogP contribution is -3.00. The third-order valence-electron chi connectivity index (χ3n) is 9.35. The molecule has 21 N–H and O–H groups in total. The van der Waals surface area contributed by atoms with Crippen LogP contribution in [0.25, 0.3) is 0 Å². The van der Waals surface area contributed by atoms with Gasteiger partial charge in [-0.1, -0.05) is 19.8 Å². The fraction of sp³-hybridized carbons (Fsp3) is 0.500. The van der Waals surface area contributed by atoms with Crippen molar-refractivity contribution in [3.63, 3.8) is 0 Å². The van der Waals surface area contributed by atoms with Gasteiger partial charge in [-0.15, -0.1) is 0 Å². The van der Waals surface area contributed by atoms with E-state index in [1.165, 1.54) is 12.8 Å². The van der Waals surface area contributed by atoms with Gasteiger partial charge in [0.05, 0.1) is 24.3 Å². The standard InChI is InChI=1S/C22H35N9.C11H24N8.C11H14N2O.4ClH/c1-3-4-7-14-27-19(24)17-12-10-16(11-13-17)18(23)9-6-5-8-15-28-22-30-20(25)29-21(26-2)31-22;12-5-1-3-7-15-10-17-9(14)18-11(19-10)16-8-4-2-6-13;1-3-14-11(13)10-6-4-9(5-7-10)8(2)12;;;;/h10-13,23H,3-9,14-15H2,1-2H3,(H2,24,27)(H4,25,26,28,29,30,31);1-8,12-13H2,(H4,14,15,16,17,18,19);4-7,12-13H,3H2,1-2H3;4*1H. The second kappa shape index (κ2) is 40.7. The summed E-state index contributed by atoms with van der Waals surface area (Å²) in [6.07, 6.45) is 11.3. The molecule has 382 valence electrons. The van der Waals surface area contributed by atoms with Crippen molar-refractivity contribution in [1.82, 2.24) is 29.9 Å². The number of hydrogen-bond donors (Lipinski definition) is 13. The Bertz CT molecular complexity index is 1960. The summed E-state index contributed by atoms with van der Waals surface area (Å²) in [4.78, 5) is 27.8. The van der Waals surface area contributed by atoms with Crippen LogP contribution in [0.3, 0.4) is 0 Å². The van der Waals surface area contributed by atoms with Crippen LogP contribution in [0.2, 0.25) is 0 Å². The van der Waals surface area contributed by atoms with Gasteiger partial charge in [-0.2, -0.15) is 29.9 Å². The molecule has 0 aliphatic carbocycles. The van der Waals surface area contributed by atoms with Crippen LogP contribution in [0.4, 0.5) is 35.7 Å². The lowest BCUT2D eigenvalue weighted by atomic mass is 10.0. The number of aromatic nitrogens is 6.